The minimum absolute atomic E-state index is 0.396. The van der Waals surface area contributed by atoms with Crippen molar-refractivity contribution in [2.75, 3.05) is 5.32 Å². The smallest absolute Gasteiger partial charge is 0.274 e. The maximum Gasteiger partial charge on any atom is 0.274 e. The molecule has 3 N–H and O–H groups in total. The summed E-state index contributed by atoms with van der Waals surface area (Å²) in [7, 11) is 0. The molecule has 0 atom stereocenters. The van der Waals surface area contributed by atoms with Gasteiger partial charge in [-0.1, -0.05) is 18.2 Å². The number of nitrogens with zero attached hydrogens (tertiary/aromatic N) is 2. The van der Waals surface area contributed by atoms with E-state index in [9.17, 15) is 4.79 Å². The van der Waals surface area contributed by atoms with Gasteiger partial charge in [0.15, 0.2) is 0 Å². The van der Waals surface area contributed by atoms with Crippen LogP contribution in [0.5, 0.6) is 0 Å². The van der Waals surface area contributed by atoms with E-state index in [0.29, 0.717) is 18.2 Å². The molecule has 0 unspecified atom stereocenters. The van der Waals surface area contributed by atoms with E-state index in [1.54, 1.807) is 17.6 Å². The van der Waals surface area contributed by atoms with Gasteiger partial charge >= 0.3 is 0 Å². The molecule has 1 heterocycles. The fraction of sp³-hybridized carbons (Fsp3) is 0.222. The summed E-state index contributed by atoms with van der Waals surface area (Å²) in [5.74, 6) is 0.430. The average molecular weight is 322 g/mol. The number of carbonyl (C=O) groups excluding carboxylic acids is 1. The van der Waals surface area contributed by atoms with Crippen LogP contribution in [0.25, 0.3) is 11.0 Å². The minimum Gasteiger partial charge on any atom is -0.378 e. The van der Waals surface area contributed by atoms with Gasteiger partial charge in [0.2, 0.25) is 0 Å². The number of amides is 1. The van der Waals surface area contributed by atoms with Crippen molar-refractivity contribution in [3.8, 4) is 0 Å². The molecule has 0 radical (unpaired) electrons. The topological polar surface area (TPSA) is 79.2 Å². The van der Waals surface area contributed by atoms with Crippen LogP contribution in [-0.2, 0) is 6.54 Å². The lowest BCUT2D eigenvalue weighted by molar-refractivity contribution is 0.0706. The second-order valence-electron chi connectivity index (χ2n) is 5.99. The number of hydroxylamine groups is 1. The van der Waals surface area contributed by atoms with Gasteiger partial charge in [-0.15, -0.1) is 0 Å². The molecule has 1 amide bonds. The van der Waals surface area contributed by atoms with Crippen LogP contribution in [0.15, 0.2) is 48.5 Å². The Morgan fingerprint density at radius 1 is 1.21 bits per heavy atom. The monoisotopic (exact) mass is 322 g/mol. The fourth-order valence-corrected chi connectivity index (χ4v) is 2.96. The summed E-state index contributed by atoms with van der Waals surface area (Å²) < 4.78 is 2.26. The highest BCUT2D eigenvalue weighted by molar-refractivity contribution is 5.96. The Hall–Kier alpha value is -2.86. The number of imidazole rings is 1. The second kappa shape index (κ2) is 5.98. The van der Waals surface area contributed by atoms with Gasteiger partial charge in [0.1, 0.15) is 5.82 Å². The number of carbonyl (C=O) groups is 1. The summed E-state index contributed by atoms with van der Waals surface area (Å²) in [4.78, 5) is 16.3. The van der Waals surface area contributed by atoms with E-state index >= 15 is 0 Å². The summed E-state index contributed by atoms with van der Waals surface area (Å²) in [5, 5.41) is 12.2. The normalized spacial score (nSPS) is 13.9. The zero-order valence-corrected chi connectivity index (χ0v) is 13.1. The van der Waals surface area contributed by atoms with Gasteiger partial charge in [-0.3, -0.25) is 10.0 Å². The van der Waals surface area contributed by atoms with E-state index in [2.05, 4.69) is 9.88 Å². The van der Waals surface area contributed by atoms with Crippen molar-refractivity contribution in [1.82, 2.24) is 15.0 Å². The molecule has 2 aromatic carbocycles. The van der Waals surface area contributed by atoms with Crippen LogP contribution in [0.3, 0.4) is 0 Å². The van der Waals surface area contributed by atoms with Crippen LogP contribution >= 0.6 is 0 Å². The first-order valence-electron chi connectivity index (χ1n) is 8.00. The predicted octanol–water partition coefficient (Wildman–Crippen LogP) is 3.10. The highest BCUT2D eigenvalue weighted by Crippen LogP contribution is 2.39. The third-order valence-corrected chi connectivity index (χ3v) is 4.26. The first-order valence-corrected chi connectivity index (χ1v) is 8.00. The quantitative estimate of drug-likeness (QED) is 0.498. The zero-order valence-electron chi connectivity index (χ0n) is 13.1. The van der Waals surface area contributed by atoms with E-state index in [-0.39, 0.29) is 0 Å². The molecule has 0 saturated heterocycles. The average Bonchev–Trinajstić information content (AvgIpc) is 3.40. The van der Waals surface area contributed by atoms with Gasteiger partial charge in [-0.05, 0) is 43.2 Å². The van der Waals surface area contributed by atoms with Crippen LogP contribution in [0.2, 0.25) is 0 Å². The van der Waals surface area contributed by atoms with Crippen LogP contribution in [0, 0.1) is 0 Å². The number of fused-ring (bicyclic) bond motifs is 1. The van der Waals surface area contributed by atoms with E-state index in [1.807, 2.05) is 36.4 Å². The molecule has 0 spiro atoms. The maximum absolute atomic E-state index is 11.6. The molecular weight excluding hydrogens is 304 g/mol. The number of anilines is 1. The summed E-state index contributed by atoms with van der Waals surface area (Å²) in [5.41, 5.74) is 4.90. The van der Waals surface area contributed by atoms with Crippen LogP contribution < -0.4 is 10.8 Å². The second-order valence-corrected chi connectivity index (χ2v) is 5.99. The molecule has 6 nitrogen and oxygen atoms in total. The first kappa shape index (κ1) is 14.7. The molecule has 1 aliphatic carbocycles. The van der Waals surface area contributed by atoms with Crippen molar-refractivity contribution in [3.05, 3.63) is 59.9 Å². The molecule has 1 aromatic heterocycles. The number of hydrogen-bond acceptors (Lipinski definition) is 4. The summed E-state index contributed by atoms with van der Waals surface area (Å²) in [6.07, 6.45) is 2.31. The molecule has 1 fully saturated rings. The predicted molar refractivity (Wildman–Crippen MR) is 91.0 cm³/mol. The lowest BCUT2D eigenvalue weighted by Crippen LogP contribution is -2.18. The van der Waals surface area contributed by atoms with Crippen LogP contribution in [0.1, 0.15) is 35.1 Å². The lowest BCUT2D eigenvalue weighted by Gasteiger charge is -2.09. The van der Waals surface area contributed by atoms with Gasteiger partial charge < -0.3 is 9.88 Å². The molecule has 122 valence electrons. The number of aromatic nitrogens is 2. The van der Waals surface area contributed by atoms with Crippen molar-refractivity contribution in [3.63, 3.8) is 0 Å². The lowest BCUT2D eigenvalue weighted by atomic mass is 10.2. The number of rotatable bonds is 5. The minimum atomic E-state index is -0.526. The fourth-order valence-electron chi connectivity index (χ4n) is 2.96. The summed E-state index contributed by atoms with van der Waals surface area (Å²) in [6, 6.07) is 15.8. The van der Waals surface area contributed by atoms with Gasteiger partial charge in [0.05, 0.1) is 17.6 Å². The summed E-state index contributed by atoms with van der Waals surface area (Å²) >= 11 is 0. The highest BCUT2D eigenvalue weighted by atomic mass is 16.5. The Morgan fingerprint density at radius 3 is 2.71 bits per heavy atom. The Balaban J connectivity index is 1.68. The van der Waals surface area contributed by atoms with Gasteiger partial charge in [-0.2, -0.15) is 0 Å². The molecule has 6 heteroatoms. The molecular formula is C18H18N4O2. The maximum atomic E-state index is 11.6. The Bertz CT molecular complexity index is 885. The third-order valence-electron chi connectivity index (χ3n) is 4.26. The molecule has 1 aliphatic rings. The van der Waals surface area contributed by atoms with Crippen molar-refractivity contribution >= 4 is 22.6 Å². The number of hydrogen-bond donors (Lipinski definition) is 3. The largest absolute Gasteiger partial charge is 0.378 e. The Labute approximate surface area is 139 Å². The van der Waals surface area contributed by atoms with Gasteiger partial charge in [0.25, 0.3) is 5.91 Å². The van der Waals surface area contributed by atoms with Crippen LogP contribution in [0.4, 0.5) is 5.69 Å². The molecule has 3 aromatic rings. The SMILES string of the molecule is O=C(NO)c1ccc2c(c1)nc(CNc1ccccc1)n2C1CC1. The molecule has 0 aliphatic heterocycles. The van der Waals surface area contributed by atoms with Crippen molar-refractivity contribution in [1.29, 1.82) is 0 Å². The molecule has 0 bridgehead atoms. The van der Waals surface area contributed by atoms with Crippen molar-refractivity contribution in [2.24, 2.45) is 0 Å². The van der Waals surface area contributed by atoms with E-state index < -0.39 is 5.91 Å². The zero-order chi connectivity index (χ0) is 16.5. The van der Waals surface area contributed by atoms with E-state index in [4.69, 9.17) is 10.2 Å². The molecule has 1 saturated carbocycles. The number of nitrogens with one attached hydrogen (secondary N) is 2. The van der Waals surface area contributed by atoms with Crippen molar-refractivity contribution in [2.45, 2.75) is 25.4 Å². The van der Waals surface area contributed by atoms with E-state index in [1.165, 1.54) is 0 Å². The van der Waals surface area contributed by atoms with Crippen molar-refractivity contribution < 1.29 is 10.0 Å². The van der Waals surface area contributed by atoms with E-state index in [0.717, 1.165) is 35.4 Å². The molecule has 24 heavy (non-hydrogen) atoms. The number of benzene rings is 2. The van der Waals surface area contributed by atoms with Crippen LogP contribution in [-0.4, -0.2) is 20.7 Å². The Kier molecular flexibility index (Phi) is 3.66. The summed E-state index contributed by atoms with van der Waals surface area (Å²) in [6.45, 7) is 0.622. The standard InChI is InChI=1S/C18H18N4O2/c23-18(21-24)12-6-9-16-15(10-12)20-17(22(16)14-7-8-14)11-19-13-4-2-1-3-5-13/h1-6,9-10,14,19,24H,7-8,11H2,(H,21,23). The first-order chi connectivity index (χ1) is 11.8. The highest BCUT2D eigenvalue weighted by Gasteiger charge is 2.28. The third kappa shape index (κ3) is 2.72. The number of para-hydroxylation sites is 1. The Morgan fingerprint density at radius 2 is 2.00 bits per heavy atom. The van der Waals surface area contributed by atoms with Gasteiger partial charge in [0, 0.05) is 17.3 Å². The molecule has 4 rings (SSSR count). The van der Waals surface area contributed by atoms with Gasteiger partial charge in [-0.25, -0.2) is 10.5 Å².